The van der Waals surface area contributed by atoms with Crippen molar-refractivity contribution in [3.8, 4) is 0 Å². The topological polar surface area (TPSA) is 88.4 Å². The van der Waals surface area contributed by atoms with Crippen LogP contribution in [0.2, 0.25) is 0 Å². The summed E-state index contributed by atoms with van der Waals surface area (Å²) < 4.78 is 30.3. The van der Waals surface area contributed by atoms with Crippen molar-refractivity contribution in [3.05, 3.63) is 50.8 Å². The summed E-state index contributed by atoms with van der Waals surface area (Å²) >= 11 is 6.35. The number of benzene rings is 1. The third-order valence-electron chi connectivity index (χ3n) is 2.59. The van der Waals surface area contributed by atoms with E-state index < -0.39 is 15.9 Å². The Morgan fingerprint density at radius 1 is 1.24 bits per heavy atom. The minimum Gasteiger partial charge on any atom is -0.469 e. The number of carbonyl (C=O) groups excluding carboxylic acids is 1. The molecule has 21 heavy (non-hydrogen) atoms. The molecule has 1 aromatic heterocycles. The number of sulfonamides is 1. The van der Waals surface area contributed by atoms with Crippen LogP contribution in [0.15, 0.2) is 48.8 Å². The molecule has 0 atom stereocenters. The Bertz CT molecular complexity index is 786. The first-order valence-electron chi connectivity index (χ1n) is 5.62. The summed E-state index contributed by atoms with van der Waals surface area (Å²) in [7, 11) is -3.90. The van der Waals surface area contributed by atoms with Gasteiger partial charge in [-0.1, -0.05) is 15.9 Å². The summed E-state index contributed by atoms with van der Waals surface area (Å²) in [4.78, 5) is 13.9. The number of rotatable bonds is 4. The Balaban J connectivity index is 2.17. The van der Waals surface area contributed by atoms with Crippen molar-refractivity contribution in [1.29, 1.82) is 0 Å². The number of halogens is 2. The van der Waals surface area contributed by atoms with Crippen molar-refractivity contribution in [2.75, 3.05) is 0 Å². The molecule has 2 rings (SSSR count). The summed E-state index contributed by atoms with van der Waals surface area (Å²) in [6.45, 7) is 1.61. The van der Waals surface area contributed by atoms with Gasteiger partial charge in [0, 0.05) is 8.95 Å². The number of aryl methyl sites for hydroxylation is 1. The van der Waals surface area contributed by atoms with Crippen LogP contribution in [0.1, 0.15) is 16.1 Å². The molecule has 112 valence electrons. The van der Waals surface area contributed by atoms with Gasteiger partial charge in [-0.3, -0.25) is 10.2 Å². The zero-order valence-electron chi connectivity index (χ0n) is 10.7. The molecule has 1 aromatic carbocycles. The summed E-state index contributed by atoms with van der Waals surface area (Å²) in [6.07, 6.45) is 1.35. The third-order valence-corrected chi connectivity index (χ3v) is 5.32. The van der Waals surface area contributed by atoms with Crippen LogP contribution in [-0.2, 0) is 10.0 Å². The van der Waals surface area contributed by atoms with E-state index >= 15 is 0 Å². The van der Waals surface area contributed by atoms with E-state index in [0.717, 1.165) is 0 Å². The normalized spacial score (nSPS) is 11.4. The lowest BCUT2D eigenvalue weighted by molar-refractivity contribution is 0.0943. The second-order valence-corrected chi connectivity index (χ2v) is 7.45. The van der Waals surface area contributed by atoms with Crippen molar-refractivity contribution in [2.45, 2.75) is 11.8 Å². The Morgan fingerprint density at radius 3 is 2.57 bits per heavy atom. The largest absolute Gasteiger partial charge is 0.469 e. The molecule has 9 heteroatoms. The number of furan rings is 1. The molecule has 2 aromatic rings. The second-order valence-electron chi connectivity index (χ2n) is 4.02. The van der Waals surface area contributed by atoms with E-state index in [-0.39, 0.29) is 10.5 Å². The Morgan fingerprint density at radius 2 is 1.95 bits per heavy atom. The van der Waals surface area contributed by atoms with Gasteiger partial charge in [0.05, 0.1) is 16.7 Å². The first kappa shape index (κ1) is 16.2. The average Bonchev–Trinajstić information content (AvgIpc) is 2.85. The minimum atomic E-state index is -3.90. The highest BCUT2D eigenvalue weighted by atomic mass is 79.9. The van der Waals surface area contributed by atoms with Crippen LogP contribution in [0.4, 0.5) is 0 Å². The van der Waals surface area contributed by atoms with Crippen LogP contribution in [0, 0.1) is 6.92 Å². The lowest BCUT2D eigenvalue weighted by atomic mass is 10.2. The molecule has 0 aliphatic rings. The maximum absolute atomic E-state index is 12.2. The number of carbonyl (C=O) groups is 1. The van der Waals surface area contributed by atoms with Crippen LogP contribution in [0.25, 0.3) is 0 Å². The van der Waals surface area contributed by atoms with Crippen molar-refractivity contribution >= 4 is 47.8 Å². The van der Waals surface area contributed by atoms with Gasteiger partial charge in [-0.25, -0.2) is 8.42 Å². The van der Waals surface area contributed by atoms with Gasteiger partial charge in [0.25, 0.3) is 15.9 Å². The van der Waals surface area contributed by atoms with E-state index in [4.69, 9.17) is 4.42 Å². The standard InChI is InChI=1S/C12H10Br2N2O4S/c1-7-9(4-5-20-7)12(17)15-16-21(18,19)11-6-8(13)2-3-10(11)14/h2-6,16H,1H3,(H,15,17). The van der Waals surface area contributed by atoms with Crippen LogP contribution in [-0.4, -0.2) is 14.3 Å². The molecule has 0 unspecified atom stereocenters. The monoisotopic (exact) mass is 436 g/mol. The lowest BCUT2D eigenvalue weighted by Crippen LogP contribution is -2.41. The average molecular weight is 438 g/mol. The van der Waals surface area contributed by atoms with Gasteiger partial charge in [-0.15, -0.1) is 4.83 Å². The molecule has 0 saturated heterocycles. The molecule has 1 heterocycles. The third kappa shape index (κ3) is 3.73. The van der Waals surface area contributed by atoms with E-state index in [1.54, 1.807) is 19.1 Å². The van der Waals surface area contributed by atoms with Crippen LogP contribution in [0.3, 0.4) is 0 Å². The molecule has 6 nitrogen and oxygen atoms in total. The maximum Gasteiger partial charge on any atom is 0.269 e. The van der Waals surface area contributed by atoms with Crippen molar-refractivity contribution in [3.63, 3.8) is 0 Å². The predicted molar refractivity (Wildman–Crippen MR) is 83.1 cm³/mol. The summed E-state index contributed by atoms with van der Waals surface area (Å²) in [6, 6.07) is 6.15. The molecule has 0 aliphatic carbocycles. The summed E-state index contributed by atoms with van der Waals surface area (Å²) in [5.41, 5.74) is 2.39. The SMILES string of the molecule is Cc1occc1C(=O)NNS(=O)(=O)c1cc(Br)ccc1Br. The number of amides is 1. The Kier molecular flexibility index (Phi) is 4.87. The van der Waals surface area contributed by atoms with E-state index in [2.05, 4.69) is 37.3 Å². The number of hydrogen-bond donors (Lipinski definition) is 2. The first-order valence-corrected chi connectivity index (χ1v) is 8.69. The molecule has 0 radical (unpaired) electrons. The molecular formula is C12H10Br2N2O4S. The number of hydrazine groups is 1. The van der Waals surface area contributed by atoms with Gasteiger partial charge < -0.3 is 4.42 Å². The van der Waals surface area contributed by atoms with E-state index in [0.29, 0.717) is 14.7 Å². The first-order chi connectivity index (χ1) is 9.81. The van der Waals surface area contributed by atoms with E-state index in [1.165, 1.54) is 18.4 Å². The van der Waals surface area contributed by atoms with Gasteiger partial charge in [-0.2, -0.15) is 0 Å². The summed E-state index contributed by atoms with van der Waals surface area (Å²) in [5, 5.41) is 0. The van der Waals surface area contributed by atoms with Gasteiger partial charge in [0.1, 0.15) is 5.76 Å². The smallest absolute Gasteiger partial charge is 0.269 e. The molecule has 0 fully saturated rings. The molecular weight excluding hydrogens is 428 g/mol. The Labute approximate surface area is 138 Å². The number of nitrogens with one attached hydrogen (secondary N) is 2. The molecule has 0 aliphatic heterocycles. The van der Waals surface area contributed by atoms with Gasteiger partial charge in [0.2, 0.25) is 0 Å². The zero-order chi connectivity index (χ0) is 15.6. The second kappa shape index (κ2) is 6.30. The lowest BCUT2D eigenvalue weighted by Gasteiger charge is -2.09. The van der Waals surface area contributed by atoms with E-state index in [9.17, 15) is 13.2 Å². The molecule has 0 saturated carbocycles. The van der Waals surface area contributed by atoms with Crippen molar-refractivity contribution < 1.29 is 17.6 Å². The van der Waals surface area contributed by atoms with Gasteiger partial charge >= 0.3 is 0 Å². The number of hydrogen-bond acceptors (Lipinski definition) is 4. The predicted octanol–water partition coefficient (Wildman–Crippen LogP) is 2.74. The van der Waals surface area contributed by atoms with Crippen molar-refractivity contribution in [1.82, 2.24) is 10.3 Å². The Hall–Kier alpha value is -1.16. The summed E-state index contributed by atoms with van der Waals surface area (Å²) in [5.74, 6) is -0.203. The van der Waals surface area contributed by atoms with E-state index in [1.807, 2.05) is 4.83 Å². The molecule has 1 amide bonds. The minimum absolute atomic E-state index is 0.00101. The fourth-order valence-electron chi connectivity index (χ4n) is 1.54. The van der Waals surface area contributed by atoms with Crippen LogP contribution >= 0.6 is 31.9 Å². The van der Waals surface area contributed by atoms with Crippen LogP contribution < -0.4 is 10.3 Å². The fraction of sp³-hybridized carbons (Fsp3) is 0.0833. The van der Waals surface area contributed by atoms with Gasteiger partial charge in [-0.05, 0) is 47.1 Å². The van der Waals surface area contributed by atoms with Gasteiger partial charge in [0.15, 0.2) is 0 Å². The maximum atomic E-state index is 12.2. The van der Waals surface area contributed by atoms with Crippen LogP contribution in [0.5, 0.6) is 0 Å². The fourth-order valence-corrected chi connectivity index (χ4v) is 3.88. The highest BCUT2D eigenvalue weighted by Crippen LogP contribution is 2.25. The highest BCUT2D eigenvalue weighted by Gasteiger charge is 2.20. The zero-order valence-corrected chi connectivity index (χ0v) is 14.7. The molecule has 0 spiro atoms. The van der Waals surface area contributed by atoms with Crippen molar-refractivity contribution in [2.24, 2.45) is 0 Å². The quantitative estimate of drug-likeness (QED) is 0.719. The molecule has 2 N–H and O–H groups in total. The highest BCUT2D eigenvalue weighted by molar-refractivity contribution is 9.11. The molecule has 0 bridgehead atoms.